The summed E-state index contributed by atoms with van der Waals surface area (Å²) in [5, 5.41) is 10.5. The summed E-state index contributed by atoms with van der Waals surface area (Å²) in [5.74, 6) is 1.16. The molecule has 0 aromatic heterocycles. The summed E-state index contributed by atoms with van der Waals surface area (Å²) >= 11 is 2.01. The molecule has 1 aliphatic heterocycles. The van der Waals surface area contributed by atoms with E-state index in [1.54, 1.807) is 7.11 Å². The zero-order chi connectivity index (χ0) is 12.7. The minimum absolute atomic E-state index is 0.397. The normalized spacial score (nSPS) is 28.2. The van der Waals surface area contributed by atoms with E-state index in [9.17, 15) is 5.11 Å². The molecule has 1 rings (SSSR count). The van der Waals surface area contributed by atoms with Crippen LogP contribution in [0.15, 0.2) is 0 Å². The van der Waals surface area contributed by atoms with E-state index in [2.05, 4.69) is 18.7 Å². The molecule has 0 saturated carbocycles. The molecule has 0 amide bonds. The average Bonchev–Trinajstić information content (AvgIpc) is 2.31. The Morgan fingerprint density at radius 1 is 1.41 bits per heavy atom. The van der Waals surface area contributed by atoms with Crippen molar-refractivity contribution in [2.75, 3.05) is 45.8 Å². The Balaban J connectivity index is 2.18. The monoisotopic (exact) mass is 263 g/mol. The minimum Gasteiger partial charge on any atom is -0.389 e. The second-order valence-electron chi connectivity index (χ2n) is 4.53. The number of aliphatic hydroxyl groups excluding tert-OH is 1. The topological polar surface area (TPSA) is 41.9 Å². The lowest BCUT2D eigenvalue weighted by Crippen LogP contribution is -2.48. The zero-order valence-electron chi connectivity index (χ0n) is 11.1. The van der Waals surface area contributed by atoms with Crippen molar-refractivity contribution in [3.63, 3.8) is 0 Å². The largest absolute Gasteiger partial charge is 0.389 e. The Kier molecular flexibility index (Phi) is 7.46. The average molecular weight is 263 g/mol. The van der Waals surface area contributed by atoms with Gasteiger partial charge in [-0.3, -0.25) is 4.90 Å². The lowest BCUT2D eigenvalue weighted by atomic mass is 10.2. The Morgan fingerprint density at radius 3 is 2.88 bits per heavy atom. The molecule has 1 N–H and O–H groups in total. The SMILES string of the molecule is COCCOCC(O)CN1CCSC(C)C1C. The van der Waals surface area contributed by atoms with Crippen LogP contribution in [0.25, 0.3) is 0 Å². The number of aliphatic hydroxyl groups is 1. The molecule has 17 heavy (non-hydrogen) atoms. The summed E-state index contributed by atoms with van der Waals surface area (Å²) in [6, 6.07) is 0.530. The van der Waals surface area contributed by atoms with Crippen LogP contribution in [-0.4, -0.2) is 73.2 Å². The van der Waals surface area contributed by atoms with Gasteiger partial charge in [-0.05, 0) is 6.92 Å². The number of ether oxygens (including phenoxy) is 2. The molecule has 1 saturated heterocycles. The molecular formula is C12H25NO3S. The Labute approximate surface area is 109 Å². The molecule has 1 aliphatic rings. The van der Waals surface area contributed by atoms with Crippen molar-refractivity contribution in [3.05, 3.63) is 0 Å². The minimum atomic E-state index is -0.399. The molecule has 4 nitrogen and oxygen atoms in total. The van der Waals surface area contributed by atoms with Crippen molar-refractivity contribution in [1.29, 1.82) is 0 Å². The van der Waals surface area contributed by atoms with Crippen LogP contribution in [0.5, 0.6) is 0 Å². The van der Waals surface area contributed by atoms with Gasteiger partial charge >= 0.3 is 0 Å². The van der Waals surface area contributed by atoms with E-state index < -0.39 is 6.10 Å². The van der Waals surface area contributed by atoms with Gasteiger partial charge in [-0.2, -0.15) is 11.8 Å². The molecule has 0 aliphatic carbocycles. The van der Waals surface area contributed by atoms with Crippen LogP contribution in [0.3, 0.4) is 0 Å². The fourth-order valence-corrected chi connectivity index (χ4v) is 3.10. The smallest absolute Gasteiger partial charge is 0.0900 e. The van der Waals surface area contributed by atoms with Crippen molar-refractivity contribution >= 4 is 11.8 Å². The van der Waals surface area contributed by atoms with Crippen LogP contribution < -0.4 is 0 Å². The summed E-state index contributed by atoms with van der Waals surface area (Å²) in [5.41, 5.74) is 0. The molecule has 3 unspecified atom stereocenters. The molecule has 0 bridgehead atoms. The third-order valence-electron chi connectivity index (χ3n) is 3.20. The number of β-amino-alcohol motifs (C(OH)–C–C–N with tert-alkyl or cyclic N) is 1. The highest BCUT2D eigenvalue weighted by molar-refractivity contribution is 8.00. The molecule has 3 atom stereocenters. The number of hydrogen-bond donors (Lipinski definition) is 1. The molecular weight excluding hydrogens is 238 g/mol. The molecule has 1 heterocycles. The van der Waals surface area contributed by atoms with Crippen molar-refractivity contribution in [2.45, 2.75) is 31.2 Å². The van der Waals surface area contributed by atoms with Crippen LogP contribution in [0.1, 0.15) is 13.8 Å². The van der Waals surface area contributed by atoms with Gasteiger partial charge in [0.15, 0.2) is 0 Å². The first-order valence-corrected chi connectivity index (χ1v) is 7.30. The lowest BCUT2D eigenvalue weighted by Gasteiger charge is -2.38. The lowest BCUT2D eigenvalue weighted by molar-refractivity contribution is -0.00491. The molecule has 0 spiro atoms. The van der Waals surface area contributed by atoms with Crippen LogP contribution in [0.4, 0.5) is 0 Å². The first-order valence-electron chi connectivity index (χ1n) is 6.25. The van der Waals surface area contributed by atoms with Crippen molar-refractivity contribution in [1.82, 2.24) is 4.90 Å². The highest BCUT2D eigenvalue weighted by Gasteiger charge is 2.26. The van der Waals surface area contributed by atoms with Gasteiger partial charge in [-0.25, -0.2) is 0 Å². The molecule has 102 valence electrons. The fraction of sp³-hybridized carbons (Fsp3) is 1.00. The summed E-state index contributed by atoms with van der Waals surface area (Å²) < 4.78 is 10.2. The van der Waals surface area contributed by atoms with Crippen molar-refractivity contribution in [3.8, 4) is 0 Å². The van der Waals surface area contributed by atoms with E-state index in [-0.39, 0.29) is 0 Å². The van der Waals surface area contributed by atoms with Gasteiger partial charge in [0.2, 0.25) is 0 Å². The Bertz CT molecular complexity index is 206. The maximum atomic E-state index is 9.89. The number of nitrogens with zero attached hydrogens (tertiary/aromatic N) is 1. The maximum Gasteiger partial charge on any atom is 0.0900 e. The van der Waals surface area contributed by atoms with E-state index in [0.717, 1.165) is 12.3 Å². The molecule has 5 heteroatoms. The summed E-state index contributed by atoms with van der Waals surface area (Å²) in [6.45, 7) is 7.78. The Morgan fingerprint density at radius 2 is 2.18 bits per heavy atom. The first kappa shape index (κ1) is 15.2. The third-order valence-corrected chi connectivity index (χ3v) is 4.54. The van der Waals surface area contributed by atoms with Gasteiger partial charge in [0.05, 0.1) is 25.9 Å². The molecule has 0 aromatic carbocycles. The fourth-order valence-electron chi connectivity index (χ4n) is 1.94. The first-order chi connectivity index (χ1) is 8.15. The standard InChI is InChI=1S/C12H25NO3S/c1-10-11(2)17-7-4-13(10)8-12(14)9-16-6-5-15-3/h10-12,14H,4-9H2,1-3H3. The van der Waals surface area contributed by atoms with E-state index >= 15 is 0 Å². The van der Waals surface area contributed by atoms with E-state index in [4.69, 9.17) is 9.47 Å². The van der Waals surface area contributed by atoms with Gasteiger partial charge in [-0.1, -0.05) is 6.92 Å². The third kappa shape index (κ3) is 5.57. The molecule has 0 radical (unpaired) electrons. The van der Waals surface area contributed by atoms with Gasteiger partial charge < -0.3 is 14.6 Å². The number of rotatable bonds is 7. The maximum absolute atomic E-state index is 9.89. The van der Waals surface area contributed by atoms with Gasteiger partial charge in [0.25, 0.3) is 0 Å². The predicted octanol–water partition coefficient (Wildman–Crippen LogP) is 0.836. The quantitative estimate of drug-likeness (QED) is 0.689. The number of thioether (sulfide) groups is 1. The van der Waals surface area contributed by atoms with Crippen molar-refractivity contribution < 1.29 is 14.6 Å². The van der Waals surface area contributed by atoms with Crippen LogP contribution in [0.2, 0.25) is 0 Å². The van der Waals surface area contributed by atoms with E-state index in [1.807, 2.05) is 11.8 Å². The highest BCUT2D eigenvalue weighted by Crippen LogP contribution is 2.24. The van der Waals surface area contributed by atoms with Crippen LogP contribution >= 0.6 is 11.8 Å². The second kappa shape index (κ2) is 8.32. The van der Waals surface area contributed by atoms with E-state index in [1.165, 1.54) is 0 Å². The molecule has 1 fully saturated rings. The van der Waals surface area contributed by atoms with Crippen molar-refractivity contribution in [2.24, 2.45) is 0 Å². The van der Waals surface area contributed by atoms with Crippen LogP contribution in [-0.2, 0) is 9.47 Å². The summed E-state index contributed by atoms with van der Waals surface area (Å²) in [6.07, 6.45) is -0.399. The van der Waals surface area contributed by atoms with Gasteiger partial charge in [-0.15, -0.1) is 0 Å². The summed E-state index contributed by atoms with van der Waals surface area (Å²) in [7, 11) is 1.65. The van der Waals surface area contributed by atoms with Gasteiger partial charge in [0.1, 0.15) is 0 Å². The molecule has 0 aromatic rings. The summed E-state index contributed by atoms with van der Waals surface area (Å²) in [4.78, 5) is 2.35. The predicted molar refractivity (Wildman–Crippen MR) is 71.7 cm³/mol. The van der Waals surface area contributed by atoms with Crippen LogP contribution in [0, 0.1) is 0 Å². The second-order valence-corrected chi connectivity index (χ2v) is 6.02. The Hall–Kier alpha value is 0.190. The number of hydrogen-bond acceptors (Lipinski definition) is 5. The van der Waals surface area contributed by atoms with Gasteiger partial charge in [0, 0.05) is 37.2 Å². The highest BCUT2D eigenvalue weighted by atomic mass is 32.2. The zero-order valence-corrected chi connectivity index (χ0v) is 11.9. The van der Waals surface area contributed by atoms with E-state index in [0.29, 0.717) is 37.7 Å². The number of methoxy groups -OCH3 is 1.